The summed E-state index contributed by atoms with van der Waals surface area (Å²) in [5.41, 5.74) is 7.40. The van der Waals surface area contributed by atoms with Gasteiger partial charge in [-0.1, -0.05) is 0 Å². The molecule has 0 aliphatic rings. The molecule has 0 aliphatic heterocycles. The molecule has 0 aromatic carbocycles. The Morgan fingerprint density at radius 1 is 1.53 bits per heavy atom. The Balaban J connectivity index is 2.40. The van der Waals surface area contributed by atoms with Crippen molar-refractivity contribution in [2.75, 3.05) is 11.4 Å². The second kappa shape index (κ2) is 5.26. The van der Waals surface area contributed by atoms with Gasteiger partial charge < -0.3 is 10.6 Å². The normalized spacial score (nSPS) is 11.2. The van der Waals surface area contributed by atoms with Gasteiger partial charge in [0.2, 0.25) is 0 Å². The number of hydrogen-bond donors (Lipinski definition) is 2. The summed E-state index contributed by atoms with van der Waals surface area (Å²) in [5, 5.41) is 11.8. The van der Waals surface area contributed by atoms with E-state index in [1.54, 1.807) is 6.20 Å². The van der Waals surface area contributed by atoms with Crippen molar-refractivity contribution in [3.8, 4) is 0 Å². The molecule has 0 saturated carbocycles. The molecule has 0 saturated heterocycles. The van der Waals surface area contributed by atoms with E-state index in [2.05, 4.69) is 28.8 Å². The van der Waals surface area contributed by atoms with Gasteiger partial charge in [0.05, 0.1) is 11.5 Å². The summed E-state index contributed by atoms with van der Waals surface area (Å²) >= 11 is 0. The Labute approximate surface area is 112 Å². The monoisotopic (exact) mass is 260 g/mol. The molecule has 102 valence electrons. The third kappa shape index (κ3) is 2.83. The average Bonchev–Trinajstić information content (AvgIpc) is 2.69. The molecular weight excluding hydrogens is 240 g/mol. The summed E-state index contributed by atoms with van der Waals surface area (Å²) in [4.78, 5) is 6.62. The van der Waals surface area contributed by atoms with E-state index in [0.717, 1.165) is 17.0 Å². The molecule has 2 rings (SSSR count). The summed E-state index contributed by atoms with van der Waals surface area (Å²) in [5.74, 6) is 1.08. The third-order valence-electron chi connectivity index (χ3n) is 3.01. The molecule has 0 spiro atoms. The van der Waals surface area contributed by atoms with Gasteiger partial charge in [-0.25, -0.2) is 9.50 Å². The Kier molecular flexibility index (Phi) is 3.69. The van der Waals surface area contributed by atoms with Crippen molar-refractivity contribution >= 4 is 17.2 Å². The van der Waals surface area contributed by atoms with E-state index in [-0.39, 0.29) is 11.9 Å². The van der Waals surface area contributed by atoms with Gasteiger partial charge in [0.15, 0.2) is 5.82 Å². The van der Waals surface area contributed by atoms with Crippen LogP contribution in [0.1, 0.15) is 26.0 Å². The predicted molar refractivity (Wildman–Crippen MR) is 76.7 cm³/mol. The van der Waals surface area contributed by atoms with E-state index in [1.165, 1.54) is 0 Å². The maximum Gasteiger partial charge on any atom is 0.154 e. The summed E-state index contributed by atoms with van der Waals surface area (Å²) in [6, 6.07) is 2.30. The molecule has 0 fully saturated rings. The fraction of sp³-hybridized carbons (Fsp3) is 0.462. The molecule has 3 N–H and O–H groups in total. The second-order valence-corrected chi connectivity index (χ2v) is 4.93. The van der Waals surface area contributed by atoms with E-state index < -0.39 is 0 Å². The van der Waals surface area contributed by atoms with Crippen molar-refractivity contribution in [2.45, 2.75) is 33.2 Å². The summed E-state index contributed by atoms with van der Waals surface area (Å²) in [6.07, 6.45) is 4.13. The zero-order valence-corrected chi connectivity index (χ0v) is 11.6. The molecule has 19 heavy (non-hydrogen) atoms. The van der Waals surface area contributed by atoms with Gasteiger partial charge in [-0.05, 0) is 26.8 Å². The van der Waals surface area contributed by atoms with Gasteiger partial charge in [-0.2, -0.15) is 5.10 Å². The van der Waals surface area contributed by atoms with Crippen LogP contribution < -0.4 is 10.6 Å². The lowest BCUT2D eigenvalue weighted by Gasteiger charge is -2.28. The minimum Gasteiger partial charge on any atom is -0.388 e. The highest BCUT2D eigenvalue weighted by molar-refractivity contribution is 5.78. The van der Waals surface area contributed by atoms with Gasteiger partial charge >= 0.3 is 0 Å². The van der Waals surface area contributed by atoms with Crippen molar-refractivity contribution in [1.82, 2.24) is 14.6 Å². The molecule has 2 aromatic rings. The molecule has 0 atom stereocenters. The number of amidine groups is 1. The van der Waals surface area contributed by atoms with E-state index in [4.69, 9.17) is 11.1 Å². The number of aryl methyl sites for hydroxylation is 1. The summed E-state index contributed by atoms with van der Waals surface area (Å²) in [7, 11) is 0. The minimum atomic E-state index is 0.197. The molecule has 0 bridgehead atoms. The van der Waals surface area contributed by atoms with Crippen LogP contribution in [0.4, 0.5) is 5.82 Å². The third-order valence-corrected chi connectivity index (χ3v) is 3.01. The Morgan fingerprint density at radius 2 is 2.26 bits per heavy atom. The van der Waals surface area contributed by atoms with Gasteiger partial charge in [-0.3, -0.25) is 5.41 Å². The molecule has 0 radical (unpaired) electrons. The zero-order valence-electron chi connectivity index (χ0n) is 11.6. The number of fused-ring (bicyclic) bond motifs is 1. The molecule has 6 heteroatoms. The van der Waals surface area contributed by atoms with Crippen LogP contribution in [0, 0.1) is 12.3 Å². The Hall–Kier alpha value is -2.11. The highest BCUT2D eigenvalue weighted by atomic mass is 15.3. The van der Waals surface area contributed by atoms with Crippen LogP contribution in [0.3, 0.4) is 0 Å². The van der Waals surface area contributed by atoms with Crippen LogP contribution in [0.2, 0.25) is 0 Å². The standard InChI is InChI=1S/C13H20N6/c1-9(2)18(6-4-12(14)15)13-11-8-10(3)17-19(11)7-5-16-13/h5,7-9H,4,6H2,1-3H3,(H3,14,15). The fourth-order valence-corrected chi connectivity index (χ4v) is 2.10. The average molecular weight is 260 g/mol. The lowest BCUT2D eigenvalue weighted by molar-refractivity contribution is 0.679. The Bertz CT molecular complexity index is 586. The SMILES string of the molecule is Cc1cc2c(N(CCC(=N)N)C(C)C)nccn2n1. The van der Waals surface area contributed by atoms with E-state index in [0.29, 0.717) is 13.0 Å². The van der Waals surface area contributed by atoms with E-state index in [9.17, 15) is 0 Å². The lowest BCUT2D eigenvalue weighted by atomic mass is 10.2. The fourth-order valence-electron chi connectivity index (χ4n) is 2.10. The maximum atomic E-state index is 7.37. The predicted octanol–water partition coefficient (Wildman–Crippen LogP) is 1.58. The van der Waals surface area contributed by atoms with Crippen LogP contribution in [-0.4, -0.2) is 33.0 Å². The highest BCUT2D eigenvalue weighted by Gasteiger charge is 2.16. The maximum absolute atomic E-state index is 7.37. The lowest BCUT2D eigenvalue weighted by Crippen LogP contribution is -2.34. The molecule has 0 unspecified atom stereocenters. The summed E-state index contributed by atoms with van der Waals surface area (Å²) in [6.45, 7) is 6.86. The molecule has 2 heterocycles. The van der Waals surface area contributed by atoms with Gasteiger partial charge in [0.25, 0.3) is 0 Å². The first-order valence-electron chi connectivity index (χ1n) is 6.39. The minimum absolute atomic E-state index is 0.197. The second-order valence-electron chi connectivity index (χ2n) is 4.93. The van der Waals surface area contributed by atoms with Crippen LogP contribution in [0.15, 0.2) is 18.5 Å². The van der Waals surface area contributed by atoms with Crippen LogP contribution >= 0.6 is 0 Å². The van der Waals surface area contributed by atoms with E-state index >= 15 is 0 Å². The molecule has 0 amide bonds. The topological polar surface area (TPSA) is 83.3 Å². The van der Waals surface area contributed by atoms with Crippen molar-refractivity contribution in [1.29, 1.82) is 5.41 Å². The first-order valence-corrected chi connectivity index (χ1v) is 6.39. The molecule has 0 aliphatic carbocycles. The van der Waals surface area contributed by atoms with Gasteiger partial charge in [0, 0.05) is 31.4 Å². The molecule has 2 aromatic heterocycles. The number of anilines is 1. The Morgan fingerprint density at radius 3 is 2.89 bits per heavy atom. The van der Waals surface area contributed by atoms with Crippen LogP contribution in [0.5, 0.6) is 0 Å². The van der Waals surface area contributed by atoms with Crippen molar-refractivity contribution < 1.29 is 0 Å². The van der Waals surface area contributed by atoms with Crippen molar-refractivity contribution in [3.63, 3.8) is 0 Å². The molecular formula is C13H20N6. The number of hydrogen-bond acceptors (Lipinski definition) is 4. The van der Waals surface area contributed by atoms with Crippen LogP contribution in [0.25, 0.3) is 5.52 Å². The smallest absolute Gasteiger partial charge is 0.154 e. The highest BCUT2D eigenvalue weighted by Crippen LogP contribution is 2.21. The number of aromatic nitrogens is 3. The van der Waals surface area contributed by atoms with Gasteiger partial charge in [0.1, 0.15) is 5.52 Å². The number of nitrogens with two attached hydrogens (primary N) is 1. The largest absolute Gasteiger partial charge is 0.388 e. The van der Waals surface area contributed by atoms with Crippen molar-refractivity contribution in [3.05, 3.63) is 24.2 Å². The first kappa shape index (κ1) is 13.3. The quantitative estimate of drug-likeness (QED) is 0.631. The number of nitrogens with zero attached hydrogens (tertiary/aromatic N) is 4. The van der Waals surface area contributed by atoms with Gasteiger partial charge in [-0.15, -0.1) is 0 Å². The molecule has 6 nitrogen and oxygen atoms in total. The number of rotatable bonds is 5. The first-order chi connectivity index (χ1) is 8.99. The zero-order chi connectivity index (χ0) is 14.0. The van der Waals surface area contributed by atoms with E-state index in [1.807, 2.05) is 23.7 Å². The number of nitrogens with one attached hydrogen (secondary N) is 1. The summed E-state index contributed by atoms with van der Waals surface area (Å²) < 4.78 is 1.83. The van der Waals surface area contributed by atoms with Crippen molar-refractivity contribution in [2.24, 2.45) is 5.73 Å². The van der Waals surface area contributed by atoms with Crippen LogP contribution in [-0.2, 0) is 0 Å².